The molecule has 0 spiro atoms. The number of hydrogen-bond donors (Lipinski definition) is 0. The number of benzene rings is 2. The van der Waals surface area contributed by atoms with Gasteiger partial charge in [-0.1, -0.05) is 54.7 Å². The van der Waals surface area contributed by atoms with Crippen LogP contribution < -0.4 is 0 Å². The van der Waals surface area contributed by atoms with Crippen LogP contribution in [0, 0.1) is 4.51 Å². The molecule has 0 atom stereocenters. The molecule has 1 nitrogen and oxygen atoms in total. The van der Waals surface area contributed by atoms with Crippen molar-refractivity contribution in [1.29, 1.82) is 0 Å². The summed E-state index contributed by atoms with van der Waals surface area (Å²) < 4.78 is 41.3. The molecule has 0 fully saturated rings. The summed E-state index contributed by atoms with van der Waals surface area (Å²) in [5.41, 5.74) is 2.15. The summed E-state index contributed by atoms with van der Waals surface area (Å²) in [7, 11) is 1.83. The first-order chi connectivity index (χ1) is 11.4. The fourth-order valence-electron chi connectivity index (χ4n) is 2.60. The largest absolute Gasteiger partial charge is 0.416 e. The Hall–Kier alpha value is -2.40. The van der Waals surface area contributed by atoms with Crippen molar-refractivity contribution in [2.45, 2.75) is 6.18 Å². The minimum absolute atomic E-state index is 0.461. The van der Waals surface area contributed by atoms with Gasteiger partial charge in [-0.3, -0.25) is 0 Å². The monoisotopic (exact) mass is 345 g/mol. The lowest BCUT2D eigenvalue weighted by Crippen LogP contribution is -2.04. The lowest BCUT2D eigenvalue weighted by Gasteiger charge is -2.13. The number of aryl methyl sites for hydroxylation is 1. The van der Waals surface area contributed by atoms with Gasteiger partial charge < -0.3 is 4.57 Å². The van der Waals surface area contributed by atoms with Crippen LogP contribution in [0.3, 0.4) is 0 Å². The van der Waals surface area contributed by atoms with Crippen LogP contribution in [0.1, 0.15) is 5.56 Å². The number of aromatic nitrogens is 1. The van der Waals surface area contributed by atoms with Crippen LogP contribution >= 0.6 is 12.2 Å². The molecule has 0 unspecified atom stereocenters. The molecule has 0 aliphatic rings. The molecule has 3 rings (SSSR count). The van der Waals surface area contributed by atoms with E-state index in [1.54, 1.807) is 12.3 Å². The van der Waals surface area contributed by atoms with Crippen molar-refractivity contribution in [2.24, 2.45) is 7.05 Å². The van der Waals surface area contributed by atoms with Crippen molar-refractivity contribution in [1.82, 2.24) is 4.57 Å². The van der Waals surface area contributed by atoms with E-state index in [0.29, 0.717) is 15.6 Å². The van der Waals surface area contributed by atoms with Gasteiger partial charge in [0.05, 0.1) is 10.1 Å². The summed E-state index contributed by atoms with van der Waals surface area (Å²) >= 11 is 5.56. The molecular weight excluding hydrogens is 331 g/mol. The molecule has 0 radical (unpaired) electrons. The standard InChI is InChI=1S/C19H14F3NS/c1-23-11-16(13-6-3-2-4-7-13)18(24)17(12-23)14-8-5-9-15(10-14)19(20,21)22/h2-12H,1H3. The Morgan fingerprint density at radius 3 is 2.04 bits per heavy atom. The number of pyridine rings is 1. The van der Waals surface area contributed by atoms with Gasteiger partial charge in [0, 0.05) is 30.6 Å². The molecule has 0 N–H and O–H groups in total. The summed E-state index contributed by atoms with van der Waals surface area (Å²) in [6.45, 7) is 0. The average molecular weight is 345 g/mol. The quantitative estimate of drug-likeness (QED) is 0.508. The Morgan fingerprint density at radius 1 is 0.833 bits per heavy atom. The zero-order valence-electron chi connectivity index (χ0n) is 12.8. The zero-order valence-corrected chi connectivity index (χ0v) is 13.7. The van der Waals surface area contributed by atoms with Gasteiger partial charge in [0.2, 0.25) is 0 Å². The number of hydrogen-bond acceptors (Lipinski definition) is 1. The van der Waals surface area contributed by atoms with E-state index in [0.717, 1.165) is 23.3 Å². The van der Waals surface area contributed by atoms with Gasteiger partial charge in [-0.05, 0) is 23.3 Å². The third kappa shape index (κ3) is 3.26. The fraction of sp³-hybridized carbons (Fsp3) is 0.105. The molecule has 0 aliphatic heterocycles. The Morgan fingerprint density at radius 2 is 1.42 bits per heavy atom. The first kappa shape index (κ1) is 16.5. The summed E-state index contributed by atoms with van der Waals surface area (Å²) in [6.07, 6.45) is -0.740. The molecule has 0 saturated carbocycles. The Balaban J connectivity index is 2.20. The van der Waals surface area contributed by atoms with Crippen LogP contribution in [0.5, 0.6) is 0 Å². The van der Waals surface area contributed by atoms with Gasteiger partial charge in [0.1, 0.15) is 0 Å². The van der Waals surface area contributed by atoms with E-state index in [4.69, 9.17) is 12.2 Å². The second-order valence-corrected chi connectivity index (χ2v) is 5.93. The van der Waals surface area contributed by atoms with E-state index >= 15 is 0 Å². The van der Waals surface area contributed by atoms with Crippen LogP contribution in [-0.2, 0) is 13.2 Å². The SMILES string of the molecule is Cn1cc(-c2ccccc2)c(=S)c(-c2cccc(C(F)(F)F)c2)c1. The van der Waals surface area contributed by atoms with Crippen molar-refractivity contribution in [3.8, 4) is 22.3 Å². The lowest BCUT2D eigenvalue weighted by atomic mass is 10.00. The predicted molar refractivity (Wildman–Crippen MR) is 92.1 cm³/mol. The van der Waals surface area contributed by atoms with Gasteiger partial charge in [-0.25, -0.2) is 0 Å². The maximum Gasteiger partial charge on any atom is 0.416 e. The van der Waals surface area contributed by atoms with Crippen molar-refractivity contribution >= 4 is 12.2 Å². The zero-order chi connectivity index (χ0) is 17.3. The minimum atomic E-state index is -4.38. The van der Waals surface area contributed by atoms with E-state index in [9.17, 15) is 13.2 Å². The van der Waals surface area contributed by atoms with Crippen LogP contribution in [-0.4, -0.2) is 4.57 Å². The van der Waals surface area contributed by atoms with Gasteiger partial charge in [-0.2, -0.15) is 13.2 Å². The highest BCUT2D eigenvalue weighted by atomic mass is 32.1. The highest BCUT2D eigenvalue weighted by Gasteiger charge is 2.30. The van der Waals surface area contributed by atoms with Crippen LogP contribution in [0.4, 0.5) is 13.2 Å². The molecule has 2 aromatic carbocycles. The van der Waals surface area contributed by atoms with Crippen LogP contribution in [0.2, 0.25) is 0 Å². The number of alkyl halides is 3. The maximum absolute atomic E-state index is 13.0. The molecular formula is C19H14F3NS. The van der Waals surface area contributed by atoms with E-state index in [2.05, 4.69) is 0 Å². The van der Waals surface area contributed by atoms with Gasteiger partial charge in [0.15, 0.2) is 0 Å². The Labute approximate surface area is 143 Å². The predicted octanol–water partition coefficient (Wildman–Crippen LogP) is 6.11. The number of rotatable bonds is 2. The summed E-state index contributed by atoms with van der Waals surface area (Å²) in [5, 5.41) is 0. The summed E-state index contributed by atoms with van der Waals surface area (Å²) in [6, 6.07) is 14.8. The van der Waals surface area contributed by atoms with Gasteiger partial charge in [-0.15, -0.1) is 0 Å². The van der Waals surface area contributed by atoms with E-state index < -0.39 is 11.7 Å². The third-order valence-electron chi connectivity index (χ3n) is 3.74. The van der Waals surface area contributed by atoms with Crippen molar-refractivity contribution in [2.75, 3.05) is 0 Å². The van der Waals surface area contributed by atoms with Gasteiger partial charge >= 0.3 is 6.18 Å². The first-order valence-corrected chi connectivity index (χ1v) is 7.70. The number of nitrogens with zero attached hydrogens (tertiary/aromatic N) is 1. The fourth-order valence-corrected chi connectivity index (χ4v) is 2.94. The molecule has 0 saturated heterocycles. The summed E-state index contributed by atoms with van der Waals surface area (Å²) in [4.78, 5) is 0. The molecule has 0 bridgehead atoms. The molecule has 5 heteroatoms. The van der Waals surface area contributed by atoms with Crippen LogP contribution in [0.25, 0.3) is 22.3 Å². The third-order valence-corrected chi connectivity index (χ3v) is 4.18. The van der Waals surface area contributed by atoms with Crippen LogP contribution in [0.15, 0.2) is 67.0 Å². The molecule has 122 valence electrons. The molecule has 0 aliphatic carbocycles. The van der Waals surface area contributed by atoms with Crippen molar-refractivity contribution in [3.63, 3.8) is 0 Å². The Kier molecular flexibility index (Phi) is 4.28. The molecule has 3 aromatic rings. The Bertz CT molecular complexity index is 927. The van der Waals surface area contributed by atoms with E-state index in [1.165, 1.54) is 6.07 Å². The summed E-state index contributed by atoms with van der Waals surface area (Å²) in [5.74, 6) is 0. The molecule has 1 heterocycles. The highest BCUT2D eigenvalue weighted by molar-refractivity contribution is 7.71. The average Bonchev–Trinajstić information content (AvgIpc) is 2.57. The normalized spacial score (nSPS) is 11.5. The highest BCUT2D eigenvalue weighted by Crippen LogP contribution is 2.34. The topological polar surface area (TPSA) is 4.93 Å². The molecule has 24 heavy (non-hydrogen) atoms. The van der Waals surface area contributed by atoms with E-state index in [-0.39, 0.29) is 0 Å². The molecule has 0 amide bonds. The van der Waals surface area contributed by atoms with Crippen molar-refractivity contribution < 1.29 is 13.2 Å². The lowest BCUT2D eigenvalue weighted by molar-refractivity contribution is -0.137. The number of halogens is 3. The molecule has 1 aromatic heterocycles. The smallest absolute Gasteiger partial charge is 0.356 e. The minimum Gasteiger partial charge on any atom is -0.356 e. The van der Waals surface area contributed by atoms with E-state index in [1.807, 2.05) is 48.1 Å². The maximum atomic E-state index is 13.0. The first-order valence-electron chi connectivity index (χ1n) is 7.29. The van der Waals surface area contributed by atoms with Crippen molar-refractivity contribution in [3.05, 3.63) is 77.1 Å². The second kappa shape index (κ2) is 6.24. The second-order valence-electron chi connectivity index (χ2n) is 5.52. The van der Waals surface area contributed by atoms with Gasteiger partial charge in [0.25, 0.3) is 0 Å².